The summed E-state index contributed by atoms with van der Waals surface area (Å²) >= 11 is 0. The van der Waals surface area contributed by atoms with Crippen molar-refractivity contribution >= 4 is 0 Å². The molecule has 10 heavy (non-hydrogen) atoms. The Morgan fingerprint density at radius 3 is 1.00 bits per heavy atom. The third kappa shape index (κ3) is 392. The second kappa shape index (κ2) is 11.8. The van der Waals surface area contributed by atoms with E-state index in [9.17, 15) is 0 Å². The van der Waals surface area contributed by atoms with E-state index < -0.39 is 0 Å². The molecule has 0 saturated heterocycles. The Bertz CT molecular complexity index is 29.8. The summed E-state index contributed by atoms with van der Waals surface area (Å²) in [4.78, 5) is 0. The molecule has 0 heteroatoms. The normalized spacial score (nSPS) is 12.6. The van der Waals surface area contributed by atoms with Gasteiger partial charge in [-0.05, 0) is 5.92 Å². The quantitative estimate of drug-likeness (QED) is 0.477. The first-order valence-electron chi connectivity index (χ1n) is 4.65. The Kier molecular flexibility index (Phi) is 14.9. The molecule has 0 bridgehead atoms. The minimum absolute atomic E-state index is 0.833. The summed E-state index contributed by atoms with van der Waals surface area (Å²) in [6.07, 6.45) is 5.75. The van der Waals surface area contributed by atoms with E-state index in [1.807, 2.05) is 0 Å². The third-order valence-electron chi connectivity index (χ3n) is 0.354. The third-order valence-corrected chi connectivity index (χ3v) is 0.354. The van der Waals surface area contributed by atoms with E-state index in [4.69, 9.17) is 0 Å². The van der Waals surface area contributed by atoms with Crippen LogP contribution in [0.2, 0.25) is 0 Å². The Hall–Kier alpha value is 0. The summed E-state index contributed by atoms with van der Waals surface area (Å²) in [6, 6.07) is 0. The van der Waals surface area contributed by atoms with Gasteiger partial charge in [-0.3, -0.25) is 0 Å². The predicted molar refractivity (Wildman–Crippen MR) is 50.3 cm³/mol. The Labute approximate surface area is 67.0 Å². The van der Waals surface area contributed by atoms with Gasteiger partial charge >= 0.3 is 0 Å². The van der Waals surface area contributed by atoms with Crippen molar-refractivity contribution in [2.24, 2.45) is 5.92 Å². The lowest BCUT2D eigenvalue weighted by molar-refractivity contribution is 0.737. The van der Waals surface area contributed by atoms with Crippen LogP contribution in [0.5, 0.6) is 0 Å². The van der Waals surface area contributed by atoms with E-state index in [1.165, 1.54) is 25.7 Å². The van der Waals surface area contributed by atoms with Crippen LogP contribution in [0.1, 0.15) is 60.3 Å². The van der Waals surface area contributed by atoms with Crippen LogP contribution in [-0.2, 0) is 0 Å². The molecule has 0 atom stereocenters. The number of hydrogen-bond acceptors (Lipinski definition) is 0. The van der Waals surface area contributed by atoms with Crippen molar-refractivity contribution in [1.29, 1.82) is 0 Å². The zero-order valence-electron chi connectivity index (χ0n) is 8.41. The highest BCUT2D eigenvalue weighted by molar-refractivity contribution is 4.50. The molecule has 0 aromatic rings. The van der Waals surface area contributed by atoms with Crippen molar-refractivity contribution in [3.05, 3.63) is 0 Å². The minimum Gasteiger partial charge on any atom is -0.0656 e. The molecule has 0 aromatic carbocycles. The van der Waals surface area contributed by atoms with Crippen molar-refractivity contribution in [2.45, 2.75) is 60.3 Å². The van der Waals surface area contributed by atoms with Gasteiger partial charge in [0.1, 0.15) is 0 Å². The lowest BCUT2D eigenvalue weighted by atomic mass is 10.3. The van der Waals surface area contributed by atoms with Crippen LogP contribution in [0.4, 0.5) is 0 Å². The lowest BCUT2D eigenvalue weighted by Crippen LogP contribution is -1.66. The highest BCUT2D eigenvalue weighted by atomic mass is 14.0. The van der Waals surface area contributed by atoms with E-state index in [2.05, 4.69) is 34.6 Å². The van der Waals surface area contributed by atoms with Gasteiger partial charge in [-0.25, -0.2) is 0 Å². The molecule has 0 unspecified atom stereocenters. The van der Waals surface area contributed by atoms with E-state index in [-0.39, 0.29) is 0 Å². The molecule has 0 aliphatic heterocycles. The fraction of sp³-hybridized carbons (Fsp3) is 1.00. The molecule has 0 nitrogen and oxygen atoms in total. The van der Waals surface area contributed by atoms with Gasteiger partial charge in [0, 0.05) is 0 Å². The molecule has 1 aliphatic carbocycles. The molecule has 0 spiro atoms. The van der Waals surface area contributed by atoms with Crippen molar-refractivity contribution in [2.75, 3.05) is 0 Å². The molecule has 0 heterocycles. The fourth-order valence-electron chi connectivity index (χ4n) is 0. The first-order valence-corrected chi connectivity index (χ1v) is 4.65. The second-order valence-electron chi connectivity index (χ2n) is 3.50. The number of rotatable bonds is 0. The van der Waals surface area contributed by atoms with Gasteiger partial charge in [0.2, 0.25) is 0 Å². The van der Waals surface area contributed by atoms with Crippen LogP contribution in [0.25, 0.3) is 0 Å². The number of hydrogen-bond donors (Lipinski definition) is 0. The van der Waals surface area contributed by atoms with Crippen LogP contribution in [-0.4, -0.2) is 0 Å². The molecule has 64 valence electrons. The summed E-state index contributed by atoms with van der Waals surface area (Å²) in [5, 5.41) is 0. The van der Waals surface area contributed by atoms with Gasteiger partial charge in [-0.15, -0.1) is 0 Å². The molecule has 0 N–H and O–H groups in total. The van der Waals surface area contributed by atoms with Crippen molar-refractivity contribution in [3.63, 3.8) is 0 Å². The van der Waals surface area contributed by atoms with Crippen LogP contribution in [0, 0.1) is 5.92 Å². The van der Waals surface area contributed by atoms with Gasteiger partial charge in [0.05, 0.1) is 0 Å². The van der Waals surface area contributed by atoms with Crippen LogP contribution < -0.4 is 0 Å². The van der Waals surface area contributed by atoms with E-state index in [0.29, 0.717) is 0 Å². The second-order valence-corrected chi connectivity index (χ2v) is 3.50. The lowest BCUT2D eigenvalue weighted by Gasteiger charge is -1.79. The Balaban J connectivity index is 0. The molecular formula is C10H24. The highest BCUT2D eigenvalue weighted by Crippen LogP contribution is 2.14. The molecule has 0 amide bonds. The van der Waals surface area contributed by atoms with E-state index >= 15 is 0 Å². The van der Waals surface area contributed by atoms with Gasteiger partial charge in [-0.2, -0.15) is 0 Å². The van der Waals surface area contributed by atoms with Gasteiger partial charge in [0.25, 0.3) is 0 Å². The van der Waals surface area contributed by atoms with Gasteiger partial charge in [0.15, 0.2) is 0 Å². The maximum Gasteiger partial charge on any atom is -0.0500 e. The zero-order valence-corrected chi connectivity index (χ0v) is 8.41. The van der Waals surface area contributed by atoms with Crippen LogP contribution in [0.3, 0.4) is 0 Å². The van der Waals surface area contributed by atoms with Gasteiger partial charge < -0.3 is 0 Å². The first kappa shape index (κ1) is 12.7. The molecule has 1 fully saturated rings. The first-order chi connectivity index (χ1) is 4.65. The largest absolute Gasteiger partial charge is 0.0656 e. The maximum absolute atomic E-state index is 2.17. The topological polar surface area (TPSA) is 0 Å². The summed E-state index contributed by atoms with van der Waals surface area (Å²) in [5.74, 6) is 0.833. The monoisotopic (exact) mass is 144 g/mol. The standard InChI is InChI=1S/C4H10.C3H6.C3H8/c1-4(2)3;1-2-3-1;1-3-2/h4H,1-3H3;1-3H2;3H2,1-2H3. The minimum atomic E-state index is 0.833. The molecule has 0 aromatic heterocycles. The predicted octanol–water partition coefficient (Wildman–Crippen LogP) is 4.25. The molecule has 1 saturated carbocycles. The molecule has 1 rings (SSSR count). The van der Waals surface area contributed by atoms with Crippen LogP contribution >= 0.6 is 0 Å². The van der Waals surface area contributed by atoms with Crippen molar-refractivity contribution < 1.29 is 0 Å². The van der Waals surface area contributed by atoms with Crippen LogP contribution in [0.15, 0.2) is 0 Å². The SMILES string of the molecule is C1CC1.CC(C)C.CCC. The summed E-state index contributed by atoms with van der Waals surface area (Å²) in [5.41, 5.74) is 0. The van der Waals surface area contributed by atoms with E-state index in [0.717, 1.165) is 5.92 Å². The Morgan fingerprint density at radius 2 is 1.00 bits per heavy atom. The zero-order chi connectivity index (χ0) is 8.41. The fourth-order valence-corrected chi connectivity index (χ4v) is 0. The van der Waals surface area contributed by atoms with Crippen molar-refractivity contribution in [1.82, 2.24) is 0 Å². The smallest absolute Gasteiger partial charge is 0.0500 e. The summed E-state index contributed by atoms with van der Waals surface area (Å²) in [7, 11) is 0. The molecule has 0 radical (unpaired) electrons. The van der Waals surface area contributed by atoms with Crippen molar-refractivity contribution in [3.8, 4) is 0 Å². The van der Waals surface area contributed by atoms with Gasteiger partial charge in [-0.1, -0.05) is 60.3 Å². The highest BCUT2D eigenvalue weighted by Gasteiger charge is 1.95. The summed E-state index contributed by atoms with van der Waals surface area (Å²) in [6.45, 7) is 10.8. The molecule has 1 aliphatic rings. The summed E-state index contributed by atoms with van der Waals surface area (Å²) < 4.78 is 0. The maximum atomic E-state index is 2.17. The Morgan fingerprint density at radius 1 is 0.900 bits per heavy atom. The average Bonchev–Trinajstić information content (AvgIpc) is 2.43. The molecular weight excluding hydrogens is 120 g/mol. The average molecular weight is 144 g/mol. The van der Waals surface area contributed by atoms with E-state index in [1.54, 1.807) is 0 Å².